The van der Waals surface area contributed by atoms with E-state index in [9.17, 15) is 9.59 Å². The summed E-state index contributed by atoms with van der Waals surface area (Å²) in [5, 5.41) is 13.5. The second-order valence-electron chi connectivity index (χ2n) is 13.8. The average molecular weight is 789 g/mol. The van der Waals surface area contributed by atoms with Crippen LogP contribution in [0.1, 0.15) is 43.9 Å². The Hall–Kier alpha value is -6.44. The van der Waals surface area contributed by atoms with Crippen molar-refractivity contribution >= 4 is 59.5 Å². The van der Waals surface area contributed by atoms with Gasteiger partial charge in [0.1, 0.15) is 0 Å². The van der Waals surface area contributed by atoms with E-state index in [0.717, 1.165) is 43.0 Å². The molecule has 58 heavy (non-hydrogen) atoms. The first-order chi connectivity index (χ1) is 28.7. The molecular weight excluding hydrogens is 747 g/mol. The number of hydrogen-bond donors (Lipinski definition) is 2. The summed E-state index contributed by atoms with van der Waals surface area (Å²) >= 11 is 0. The van der Waals surface area contributed by atoms with Gasteiger partial charge in [-0.05, 0) is 70.9 Å². The molecule has 2 atom stereocenters. The first-order valence-corrected chi connectivity index (χ1v) is 22.0. The Morgan fingerprint density at radius 1 is 0.310 bits per heavy atom. The molecule has 0 saturated carbocycles. The molecule has 0 aromatic heterocycles. The Labute approximate surface area is 343 Å². The third-order valence-corrected chi connectivity index (χ3v) is 15.1. The lowest BCUT2D eigenvalue weighted by molar-refractivity contribution is 0.0883. The molecule has 8 rings (SSSR count). The molecule has 0 fully saturated rings. The van der Waals surface area contributed by atoms with Crippen molar-refractivity contribution in [3.8, 4) is 0 Å². The molecule has 0 bridgehead atoms. The highest BCUT2D eigenvalue weighted by Crippen LogP contribution is 2.37. The smallest absolute Gasteiger partial charge is 0.252 e. The molecule has 0 aliphatic carbocycles. The van der Waals surface area contributed by atoms with E-state index in [1.54, 1.807) is 0 Å². The van der Waals surface area contributed by atoms with E-state index in [2.05, 4.69) is 120 Å². The summed E-state index contributed by atoms with van der Waals surface area (Å²) in [6.45, 7) is 0. The summed E-state index contributed by atoms with van der Waals surface area (Å²) in [7, 11) is -2.12. The van der Waals surface area contributed by atoms with Gasteiger partial charge in [0.05, 0.1) is 12.1 Å². The van der Waals surface area contributed by atoms with Crippen molar-refractivity contribution in [2.24, 2.45) is 0 Å². The minimum atomic E-state index is -1.06. The van der Waals surface area contributed by atoms with Crippen molar-refractivity contribution in [3.63, 3.8) is 0 Å². The lowest BCUT2D eigenvalue weighted by Crippen LogP contribution is -2.43. The number of rotatable bonds is 13. The molecule has 2 N–H and O–H groups in total. The van der Waals surface area contributed by atoms with Gasteiger partial charge >= 0.3 is 0 Å². The fourth-order valence-electron chi connectivity index (χ4n) is 7.36. The average Bonchev–Trinajstić information content (AvgIpc) is 3.30. The molecule has 282 valence electrons. The van der Waals surface area contributed by atoms with Gasteiger partial charge < -0.3 is 10.6 Å². The van der Waals surface area contributed by atoms with Crippen LogP contribution in [0.2, 0.25) is 0 Å². The van der Waals surface area contributed by atoms with E-state index < -0.39 is 27.9 Å². The highest BCUT2D eigenvalue weighted by molar-refractivity contribution is 7.80. The quantitative estimate of drug-likeness (QED) is 0.115. The molecule has 0 spiro atoms. The summed E-state index contributed by atoms with van der Waals surface area (Å²) in [5.41, 5.74) is 2.95. The number of nitrogens with one attached hydrogen (secondary N) is 2. The lowest BCUT2D eigenvalue weighted by Gasteiger charge is -2.31. The maximum atomic E-state index is 15.0. The summed E-state index contributed by atoms with van der Waals surface area (Å²) in [5.74, 6) is -0.424. The van der Waals surface area contributed by atoms with Gasteiger partial charge in [0.25, 0.3) is 11.8 Å². The first-order valence-electron chi connectivity index (χ1n) is 19.4. The Kier molecular flexibility index (Phi) is 12.4. The fraction of sp³-hybridized carbons (Fsp3) is 0.0385. The van der Waals surface area contributed by atoms with Crippen LogP contribution in [0.15, 0.2) is 231 Å². The van der Waals surface area contributed by atoms with Crippen LogP contribution in [-0.4, -0.2) is 11.8 Å². The molecule has 0 aliphatic rings. The molecule has 4 nitrogen and oxygen atoms in total. The highest BCUT2D eigenvalue weighted by Gasteiger charge is 2.32. The number of amides is 2. The van der Waals surface area contributed by atoms with E-state index in [0.29, 0.717) is 11.1 Å². The fourth-order valence-corrected chi connectivity index (χ4v) is 12.3. The second kappa shape index (κ2) is 18.7. The van der Waals surface area contributed by atoms with Crippen LogP contribution >= 0.6 is 15.8 Å². The number of carbonyl (C=O) groups is 2. The van der Waals surface area contributed by atoms with Gasteiger partial charge in [0.2, 0.25) is 0 Å². The van der Waals surface area contributed by atoms with Gasteiger partial charge in [-0.25, -0.2) is 0 Å². The van der Waals surface area contributed by atoms with Gasteiger partial charge in [-0.2, -0.15) is 0 Å². The zero-order valence-corrected chi connectivity index (χ0v) is 33.6. The molecule has 0 heterocycles. The molecule has 0 radical (unpaired) electrons. The van der Waals surface area contributed by atoms with E-state index in [-0.39, 0.29) is 11.8 Å². The molecule has 6 heteroatoms. The summed E-state index contributed by atoms with van der Waals surface area (Å²) in [6, 6.07) is 76.1. The van der Waals surface area contributed by atoms with E-state index in [4.69, 9.17) is 0 Å². The maximum Gasteiger partial charge on any atom is 0.252 e. The van der Waals surface area contributed by atoms with Gasteiger partial charge in [0.15, 0.2) is 0 Å². The standard InChI is InChI=1S/C52H42N2O2P2/c55-51(45-35-19-21-37-47(45)57(41-27-11-3-12-28-41)42-29-13-4-14-30-42)53-49(39-23-7-1-8-24-39)50(40-25-9-2-10-26-40)54-52(56)46-36-20-22-38-48(46)58(43-31-15-5-16-32-43)44-33-17-6-18-34-44/h1-38,49-50H,(H,53,55)(H,54,56). The van der Waals surface area contributed by atoms with E-state index in [1.165, 1.54) is 0 Å². The normalized spacial score (nSPS) is 12.1. The minimum absolute atomic E-state index is 0.212. The topological polar surface area (TPSA) is 58.2 Å². The zero-order chi connectivity index (χ0) is 39.5. The molecule has 0 saturated heterocycles. The van der Waals surface area contributed by atoms with Crippen molar-refractivity contribution in [2.75, 3.05) is 0 Å². The SMILES string of the molecule is O=C(NC(c1ccccc1)C(NC(=O)c1ccccc1P(c1ccccc1)c1ccccc1)c1ccccc1)c1ccccc1P(c1ccccc1)c1ccccc1. The summed E-state index contributed by atoms with van der Waals surface area (Å²) in [6.07, 6.45) is 0. The van der Waals surface area contributed by atoms with Crippen molar-refractivity contribution in [2.45, 2.75) is 12.1 Å². The minimum Gasteiger partial charge on any atom is -0.343 e. The maximum absolute atomic E-state index is 15.0. The second-order valence-corrected chi connectivity index (χ2v) is 18.1. The van der Waals surface area contributed by atoms with Crippen LogP contribution in [0.25, 0.3) is 0 Å². The lowest BCUT2D eigenvalue weighted by atomic mass is 9.92. The molecule has 2 unspecified atom stereocenters. The van der Waals surface area contributed by atoms with Crippen molar-refractivity contribution in [1.29, 1.82) is 0 Å². The van der Waals surface area contributed by atoms with Crippen molar-refractivity contribution in [3.05, 3.63) is 253 Å². The Bertz CT molecular complexity index is 2300. The predicted octanol–water partition coefficient (Wildman–Crippen LogP) is 8.85. The summed E-state index contributed by atoms with van der Waals surface area (Å²) in [4.78, 5) is 29.9. The molecule has 8 aromatic rings. The number of carbonyl (C=O) groups excluding carboxylic acids is 2. The van der Waals surface area contributed by atoms with Crippen LogP contribution in [0.5, 0.6) is 0 Å². The molecule has 8 aromatic carbocycles. The predicted molar refractivity (Wildman–Crippen MR) is 244 cm³/mol. The Balaban J connectivity index is 1.20. The third kappa shape index (κ3) is 8.75. The summed E-state index contributed by atoms with van der Waals surface area (Å²) < 4.78 is 0. The highest BCUT2D eigenvalue weighted by atomic mass is 31.1. The van der Waals surface area contributed by atoms with Crippen LogP contribution in [-0.2, 0) is 0 Å². The van der Waals surface area contributed by atoms with Gasteiger partial charge in [-0.1, -0.05) is 218 Å². The van der Waals surface area contributed by atoms with Gasteiger partial charge in [-0.15, -0.1) is 0 Å². The Morgan fingerprint density at radius 2 is 0.552 bits per heavy atom. The monoisotopic (exact) mass is 788 g/mol. The molecule has 2 amide bonds. The molecular formula is C52H42N2O2P2. The van der Waals surface area contributed by atoms with Crippen LogP contribution in [0.3, 0.4) is 0 Å². The van der Waals surface area contributed by atoms with Crippen LogP contribution < -0.4 is 42.5 Å². The Morgan fingerprint density at radius 3 is 0.845 bits per heavy atom. The van der Waals surface area contributed by atoms with Crippen molar-refractivity contribution < 1.29 is 9.59 Å². The molecule has 0 aliphatic heterocycles. The first kappa shape index (κ1) is 38.4. The van der Waals surface area contributed by atoms with E-state index in [1.807, 2.05) is 121 Å². The van der Waals surface area contributed by atoms with Gasteiger partial charge in [-0.3, -0.25) is 9.59 Å². The van der Waals surface area contributed by atoms with E-state index >= 15 is 0 Å². The number of benzene rings is 8. The largest absolute Gasteiger partial charge is 0.343 e. The van der Waals surface area contributed by atoms with Crippen LogP contribution in [0, 0.1) is 0 Å². The van der Waals surface area contributed by atoms with Crippen LogP contribution in [0.4, 0.5) is 0 Å². The van der Waals surface area contributed by atoms with Gasteiger partial charge in [0, 0.05) is 11.1 Å². The zero-order valence-electron chi connectivity index (χ0n) is 31.8. The number of hydrogen-bond acceptors (Lipinski definition) is 2. The van der Waals surface area contributed by atoms with Crippen molar-refractivity contribution in [1.82, 2.24) is 10.6 Å². The third-order valence-electron chi connectivity index (χ3n) is 10.1.